The van der Waals surface area contributed by atoms with Gasteiger partial charge in [-0.1, -0.05) is 283 Å². The molecule has 0 heterocycles. The van der Waals surface area contributed by atoms with Gasteiger partial charge in [-0.2, -0.15) is 0 Å². The van der Waals surface area contributed by atoms with Crippen LogP contribution in [0.4, 0.5) is 0 Å². The molecule has 0 aliphatic carbocycles. The second-order valence-electron chi connectivity index (χ2n) is 23.6. The molecule has 1 N–H and O–H groups in total. The smallest absolute Gasteiger partial charge is 0.306 e. The highest BCUT2D eigenvalue weighted by Crippen LogP contribution is 2.38. The van der Waals surface area contributed by atoms with Gasteiger partial charge in [-0.3, -0.25) is 14.2 Å². The van der Waals surface area contributed by atoms with Gasteiger partial charge >= 0.3 is 5.97 Å². The summed E-state index contributed by atoms with van der Waals surface area (Å²) in [5, 5.41) is 3.03. The Kier molecular flexibility index (Phi) is 54.7. The van der Waals surface area contributed by atoms with Crippen LogP contribution in [0, 0.1) is 0 Å². The van der Waals surface area contributed by atoms with E-state index < -0.39 is 20.0 Å². The number of likely N-dealkylation sites (N-methyl/N-ethyl adjacent to an activating group) is 1. The molecule has 0 aromatic rings. The maximum absolute atomic E-state index is 13.5. The molecule has 0 bridgehead atoms. The molecule has 0 aliphatic rings. The summed E-state index contributed by atoms with van der Waals surface area (Å²) in [6.07, 6.45) is 65.8. The summed E-state index contributed by atoms with van der Waals surface area (Å²) in [5.74, 6) is -0.524. The zero-order valence-corrected chi connectivity index (χ0v) is 51.7. The molecule has 0 radical (unpaired) electrons. The van der Waals surface area contributed by atoms with E-state index in [4.69, 9.17) is 13.8 Å². The SMILES string of the molecule is CCCCCCCC/C=C/CCCCCCCCCCCCCCCCCC(=O)OC(/C=C\CCCCCCCCCCC)C(COP(=O)([O-])OCC[N+](C)(C)C)NC(=O)CCCCCCCCCCCCCCC. The predicted octanol–water partition coefficient (Wildman–Crippen LogP) is 19.5. The Balaban J connectivity index is 5.00. The topological polar surface area (TPSA) is 114 Å². The standard InChI is InChI=1S/C65H127N2O7P/c1-7-10-13-16-19-22-25-27-28-29-30-31-32-33-34-35-36-37-38-40-43-46-49-52-55-58-65(69)74-63(56-53-50-47-44-41-24-21-18-15-12-9-3)62(61-73-75(70,71)72-60-59-67(4,5)6)66-64(68)57-54-51-48-45-42-39-26-23-20-17-14-11-8-2/h27-28,53,56,62-63H,7-26,29-52,54-55,57-61H2,1-6H3,(H-,66,68,70,71)/b28-27+,56-53-. The summed E-state index contributed by atoms with van der Waals surface area (Å²) in [7, 11) is 1.20. The first kappa shape index (κ1) is 73.5. The number of hydrogen-bond donors (Lipinski definition) is 1. The van der Waals surface area contributed by atoms with Crippen molar-refractivity contribution < 1.29 is 37.3 Å². The average Bonchev–Trinajstić information content (AvgIpc) is 3.37. The lowest BCUT2D eigenvalue weighted by molar-refractivity contribution is -0.870. The molecule has 0 aliphatic heterocycles. The Morgan fingerprint density at radius 3 is 1.13 bits per heavy atom. The minimum absolute atomic E-state index is 0.0182. The number of esters is 1. The lowest BCUT2D eigenvalue weighted by atomic mass is 10.0. The number of hydrogen-bond acceptors (Lipinski definition) is 7. The number of phosphoric acid groups is 1. The van der Waals surface area contributed by atoms with Gasteiger partial charge in [-0.15, -0.1) is 0 Å². The number of ether oxygens (including phenoxy) is 1. The van der Waals surface area contributed by atoms with Crippen molar-refractivity contribution in [2.75, 3.05) is 40.9 Å². The third-order valence-corrected chi connectivity index (χ3v) is 15.8. The van der Waals surface area contributed by atoms with Gasteiger partial charge in [0.05, 0.1) is 33.8 Å². The van der Waals surface area contributed by atoms with Gasteiger partial charge in [0.15, 0.2) is 0 Å². The fourth-order valence-electron chi connectivity index (χ4n) is 9.81. The van der Waals surface area contributed by atoms with Crippen LogP contribution in [0.1, 0.15) is 329 Å². The molecule has 0 saturated carbocycles. The number of carbonyl (C=O) groups is 2. The van der Waals surface area contributed by atoms with Crippen LogP contribution < -0.4 is 10.2 Å². The van der Waals surface area contributed by atoms with Gasteiger partial charge in [0, 0.05) is 12.8 Å². The van der Waals surface area contributed by atoms with Crippen LogP contribution >= 0.6 is 7.82 Å². The summed E-state index contributed by atoms with van der Waals surface area (Å²) in [5.41, 5.74) is 0. The molecule has 75 heavy (non-hydrogen) atoms. The van der Waals surface area contributed by atoms with E-state index in [2.05, 4.69) is 38.2 Å². The second-order valence-corrected chi connectivity index (χ2v) is 25.0. The van der Waals surface area contributed by atoms with E-state index in [1.807, 2.05) is 33.3 Å². The number of phosphoric ester groups is 1. The quantitative estimate of drug-likeness (QED) is 0.0212. The maximum Gasteiger partial charge on any atom is 0.306 e. The maximum atomic E-state index is 13.5. The van der Waals surface area contributed by atoms with Crippen molar-refractivity contribution >= 4 is 19.7 Å². The molecule has 1 amide bonds. The van der Waals surface area contributed by atoms with Gasteiger partial charge in [-0.25, -0.2) is 0 Å². The van der Waals surface area contributed by atoms with E-state index in [0.717, 1.165) is 57.8 Å². The number of carbonyl (C=O) groups excluding carboxylic acids is 2. The minimum atomic E-state index is -4.69. The molecule has 3 atom stereocenters. The highest BCUT2D eigenvalue weighted by atomic mass is 31.2. The first-order chi connectivity index (χ1) is 36.4. The summed E-state index contributed by atoms with van der Waals surface area (Å²) in [6, 6.07) is -0.881. The molecule has 0 saturated heterocycles. The van der Waals surface area contributed by atoms with E-state index in [-0.39, 0.29) is 31.5 Å². The van der Waals surface area contributed by atoms with E-state index >= 15 is 0 Å². The van der Waals surface area contributed by atoms with Crippen LogP contribution in [0.5, 0.6) is 0 Å². The average molecular weight is 1080 g/mol. The highest BCUT2D eigenvalue weighted by molar-refractivity contribution is 7.45. The molecule has 0 fully saturated rings. The van der Waals surface area contributed by atoms with Gasteiger partial charge < -0.3 is 28.5 Å². The normalized spacial score (nSPS) is 13.7. The van der Waals surface area contributed by atoms with Crippen LogP contribution in [-0.4, -0.2) is 69.4 Å². The number of amides is 1. The van der Waals surface area contributed by atoms with E-state index in [1.54, 1.807) is 0 Å². The molecule has 444 valence electrons. The Bertz CT molecular complexity index is 1340. The second kappa shape index (κ2) is 55.8. The van der Waals surface area contributed by atoms with Crippen molar-refractivity contribution in [2.24, 2.45) is 0 Å². The van der Waals surface area contributed by atoms with E-state index in [0.29, 0.717) is 17.4 Å². The van der Waals surface area contributed by atoms with Crippen molar-refractivity contribution in [1.82, 2.24) is 5.32 Å². The van der Waals surface area contributed by atoms with Crippen molar-refractivity contribution in [2.45, 2.75) is 341 Å². The Hall–Kier alpha value is -1.51. The molecule has 0 aromatic carbocycles. The zero-order valence-electron chi connectivity index (χ0n) is 50.8. The molecular formula is C65H127N2O7P. The van der Waals surface area contributed by atoms with Crippen molar-refractivity contribution in [3.63, 3.8) is 0 Å². The molecule has 9 nitrogen and oxygen atoms in total. The van der Waals surface area contributed by atoms with Crippen LogP contribution in [0.15, 0.2) is 24.3 Å². The van der Waals surface area contributed by atoms with Crippen molar-refractivity contribution in [3.05, 3.63) is 24.3 Å². The molecular weight excluding hydrogens is 952 g/mol. The number of nitrogens with zero attached hydrogens (tertiary/aromatic N) is 1. The third kappa shape index (κ3) is 57.0. The fraction of sp³-hybridized carbons (Fsp3) is 0.908. The first-order valence-corrected chi connectivity index (χ1v) is 34.1. The lowest BCUT2D eigenvalue weighted by Gasteiger charge is -2.30. The van der Waals surface area contributed by atoms with Crippen LogP contribution in [0.3, 0.4) is 0 Å². The van der Waals surface area contributed by atoms with E-state index in [9.17, 15) is 19.0 Å². The predicted molar refractivity (Wildman–Crippen MR) is 321 cm³/mol. The minimum Gasteiger partial charge on any atom is -0.756 e. The highest BCUT2D eigenvalue weighted by Gasteiger charge is 2.27. The third-order valence-electron chi connectivity index (χ3n) is 14.9. The van der Waals surface area contributed by atoms with Crippen molar-refractivity contribution in [3.8, 4) is 0 Å². The van der Waals surface area contributed by atoms with Crippen LogP contribution in [0.25, 0.3) is 0 Å². The monoisotopic (exact) mass is 1080 g/mol. The largest absolute Gasteiger partial charge is 0.756 e. The summed E-state index contributed by atoms with van der Waals surface area (Å²) in [4.78, 5) is 39.9. The van der Waals surface area contributed by atoms with Gasteiger partial charge in [0.2, 0.25) is 5.91 Å². The van der Waals surface area contributed by atoms with Gasteiger partial charge in [-0.05, 0) is 57.4 Å². The number of unbranched alkanes of at least 4 members (excludes halogenated alkanes) is 42. The zero-order chi connectivity index (χ0) is 55.0. The summed E-state index contributed by atoms with van der Waals surface area (Å²) in [6.45, 7) is 6.87. The van der Waals surface area contributed by atoms with Crippen LogP contribution in [0.2, 0.25) is 0 Å². The molecule has 3 unspecified atom stereocenters. The molecule has 0 aromatic heterocycles. The summed E-state index contributed by atoms with van der Waals surface area (Å²) >= 11 is 0. The Labute approximate surface area is 466 Å². The number of quaternary nitrogens is 1. The molecule has 10 heteroatoms. The number of nitrogens with one attached hydrogen (secondary N) is 1. The Morgan fingerprint density at radius 2 is 0.773 bits per heavy atom. The van der Waals surface area contributed by atoms with Crippen LogP contribution in [-0.2, 0) is 27.9 Å². The number of rotatable bonds is 60. The van der Waals surface area contributed by atoms with E-state index in [1.165, 1.54) is 238 Å². The lowest BCUT2D eigenvalue weighted by Crippen LogP contribution is -2.47. The molecule has 0 rings (SSSR count). The first-order valence-electron chi connectivity index (χ1n) is 32.6. The van der Waals surface area contributed by atoms with Gasteiger partial charge in [0.25, 0.3) is 7.82 Å². The Morgan fingerprint density at radius 1 is 0.453 bits per heavy atom. The fourth-order valence-corrected chi connectivity index (χ4v) is 10.5. The van der Waals surface area contributed by atoms with Crippen molar-refractivity contribution in [1.29, 1.82) is 0 Å². The molecule has 0 spiro atoms. The summed E-state index contributed by atoms with van der Waals surface area (Å²) < 4.78 is 30.3. The van der Waals surface area contributed by atoms with Gasteiger partial charge in [0.1, 0.15) is 19.3 Å². The number of allylic oxidation sites excluding steroid dienone is 3.